The number of carbonyl (C=O) groups excluding carboxylic acids is 1. The van der Waals surface area contributed by atoms with Gasteiger partial charge in [0.1, 0.15) is 11.9 Å². The lowest BCUT2D eigenvalue weighted by Crippen LogP contribution is -2.16. The van der Waals surface area contributed by atoms with E-state index in [0.29, 0.717) is 24.8 Å². The van der Waals surface area contributed by atoms with Crippen LogP contribution in [0, 0.1) is 5.82 Å². The molecule has 3 N–H and O–H groups in total. The number of rotatable bonds is 5. The highest BCUT2D eigenvalue weighted by atomic mass is 35.5. The van der Waals surface area contributed by atoms with Gasteiger partial charge in [0.05, 0.1) is 28.8 Å². The van der Waals surface area contributed by atoms with E-state index >= 15 is 0 Å². The number of benzene rings is 1. The molecule has 1 aromatic carbocycles. The lowest BCUT2D eigenvalue weighted by Gasteiger charge is -2.18. The molecule has 4 rings (SSSR count). The number of hydrogen-bond acceptors (Lipinski definition) is 8. The average molecular weight is 484 g/mol. The SMILES string of the molecule is CC(Oc1cc(C(=O)Nc2nc3c(s2)COCC3)nnc1N)c1c(Cl)ccc(F)c1Cl. The van der Waals surface area contributed by atoms with Gasteiger partial charge in [-0.25, -0.2) is 9.37 Å². The molecule has 1 atom stereocenters. The maximum Gasteiger partial charge on any atom is 0.278 e. The van der Waals surface area contributed by atoms with Gasteiger partial charge in [0.2, 0.25) is 0 Å². The van der Waals surface area contributed by atoms with Gasteiger partial charge in [-0.3, -0.25) is 10.1 Å². The fraction of sp³-hybridized carbons (Fsp3) is 0.263. The second-order valence-electron chi connectivity index (χ2n) is 6.64. The van der Waals surface area contributed by atoms with E-state index in [0.717, 1.165) is 16.6 Å². The maximum absolute atomic E-state index is 13.8. The molecule has 31 heavy (non-hydrogen) atoms. The second-order valence-corrected chi connectivity index (χ2v) is 8.51. The van der Waals surface area contributed by atoms with Gasteiger partial charge >= 0.3 is 0 Å². The number of thiazole rings is 1. The predicted octanol–water partition coefficient (Wildman–Crippen LogP) is 4.43. The smallest absolute Gasteiger partial charge is 0.278 e. The van der Waals surface area contributed by atoms with Crippen LogP contribution in [0.4, 0.5) is 15.3 Å². The monoisotopic (exact) mass is 483 g/mol. The number of aromatic nitrogens is 3. The van der Waals surface area contributed by atoms with Crippen molar-refractivity contribution in [3.63, 3.8) is 0 Å². The van der Waals surface area contributed by atoms with Crippen molar-refractivity contribution < 1.29 is 18.7 Å². The molecule has 3 heterocycles. The first-order valence-electron chi connectivity index (χ1n) is 9.14. The van der Waals surface area contributed by atoms with Crippen molar-refractivity contribution in [3.05, 3.63) is 55.9 Å². The third-order valence-corrected chi connectivity index (χ3v) is 6.22. The molecule has 3 aromatic rings. The number of nitrogens with one attached hydrogen (secondary N) is 1. The summed E-state index contributed by atoms with van der Waals surface area (Å²) in [6.45, 7) is 2.70. The van der Waals surface area contributed by atoms with Crippen LogP contribution in [0.5, 0.6) is 5.75 Å². The molecule has 12 heteroatoms. The molecule has 1 aliphatic heterocycles. The lowest BCUT2D eigenvalue weighted by molar-refractivity contribution is 0.102. The van der Waals surface area contributed by atoms with Crippen LogP contribution in [-0.4, -0.2) is 27.7 Å². The van der Waals surface area contributed by atoms with Crippen molar-refractivity contribution in [1.82, 2.24) is 15.2 Å². The summed E-state index contributed by atoms with van der Waals surface area (Å²) in [6, 6.07) is 3.88. The molecule has 8 nitrogen and oxygen atoms in total. The summed E-state index contributed by atoms with van der Waals surface area (Å²) in [4.78, 5) is 18.0. The number of anilines is 2. The molecule has 0 saturated carbocycles. The van der Waals surface area contributed by atoms with Gasteiger partial charge in [0, 0.05) is 23.1 Å². The third-order valence-electron chi connectivity index (χ3n) is 4.52. The van der Waals surface area contributed by atoms with Crippen LogP contribution in [0.3, 0.4) is 0 Å². The van der Waals surface area contributed by atoms with E-state index in [2.05, 4.69) is 20.5 Å². The first kappa shape index (κ1) is 21.7. The quantitative estimate of drug-likeness (QED) is 0.516. The van der Waals surface area contributed by atoms with E-state index in [1.165, 1.54) is 23.5 Å². The standard InChI is InChI=1S/C19H16Cl2FN5O3S/c1-8(15-9(20)2-3-10(22)16(15)21)30-13-6-12(26-27-17(13)23)18(28)25-19-24-11-4-5-29-7-14(11)31-19/h2-3,6,8H,4-5,7H2,1H3,(H2,23,27)(H,24,25,28). The Labute approximate surface area is 190 Å². The van der Waals surface area contributed by atoms with E-state index in [-0.39, 0.29) is 32.9 Å². The maximum atomic E-state index is 13.8. The lowest BCUT2D eigenvalue weighted by atomic mass is 10.1. The second kappa shape index (κ2) is 8.91. The summed E-state index contributed by atoms with van der Waals surface area (Å²) >= 11 is 13.5. The molecule has 1 aliphatic rings. The first-order valence-corrected chi connectivity index (χ1v) is 10.7. The van der Waals surface area contributed by atoms with Gasteiger partial charge in [-0.2, -0.15) is 0 Å². The zero-order valence-corrected chi connectivity index (χ0v) is 18.4. The zero-order valence-electron chi connectivity index (χ0n) is 16.1. The predicted molar refractivity (Wildman–Crippen MR) is 115 cm³/mol. The van der Waals surface area contributed by atoms with Crippen molar-refractivity contribution >= 4 is 51.4 Å². The number of nitrogens with two attached hydrogens (primary N) is 1. The van der Waals surface area contributed by atoms with Crippen LogP contribution in [0.25, 0.3) is 0 Å². The summed E-state index contributed by atoms with van der Waals surface area (Å²) in [6.07, 6.45) is -0.0754. The summed E-state index contributed by atoms with van der Waals surface area (Å²) in [7, 11) is 0. The first-order chi connectivity index (χ1) is 14.8. The molecule has 1 amide bonds. The van der Waals surface area contributed by atoms with Gasteiger partial charge in [0.25, 0.3) is 5.91 Å². The van der Waals surface area contributed by atoms with Crippen LogP contribution in [0.2, 0.25) is 10.0 Å². The largest absolute Gasteiger partial charge is 0.482 e. The topological polar surface area (TPSA) is 112 Å². The summed E-state index contributed by atoms with van der Waals surface area (Å²) in [5, 5.41) is 10.8. The number of ether oxygens (including phenoxy) is 2. The molecule has 0 spiro atoms. The number of amides is 1. The minimum atomic E-state index is -0.774. The molecule has 0 aliphatic carbocycles. The highest BCUT2D eigenvalue weighted by molar-refractivity contribution is 7.15. The van der Waals surface area contributed by atoms with Gasteiger partial charge in [0.15, 0.2) is 22.4 Å². The molecular weight excluding hydrogens is 468 g/mol. The number of carbonyl (C=O) groups is 1. The molecule has 0 bridgehead atoms. The Morgan fingerprint density at radius 3 is 2.97 bits per heavy atom. The highest BCUT2D eigenvalue weighted by Gasteiger charge is 2.22. The Kier molecular flexibility index (Phi) is 6.24. The third kappa shape index (κ3) is 4.57. The molecule has 2 aromatic heterocycles. The van der Waals surface area contributed by atoms with Crippen LogP contribution in [0.1, 0.15) is 39.7 Å². The number of nitrogens with zero attached hydrogens (tertiary/aromatic N) is 3. The molecule has 0 radical (unpaired) electrons. The molecule has 0 saturated heterocycles. The van der Waals surface area contributed by atoms with E-state index in [1.807, 2.05) is 0 Å². The van der Waals surface area contributed by atoms with Gasteiger partial charge in [-0.1, -0.05) is 34.5 Å². The zero-order chi connectivity index (χ0) is 22.1. The molecule has 1 unspecified atom stereocenters. The van der Waals surface area contributed by atoms with Crippen LogP contribution in [-0.2, 0) is 17.8 Å². The summed E-state index contributed by atoms with van der Waals surface area (Å²) in [5.41, 5.74) is 6.98. The number of nitrogen functional groups attached to an aromatic ring is 1. The van der Waals surface area contributed by atoms with Crippen molar-refractivity contribution in [2.24, 2.45) is 0 Å². The number of hydrogen-bond donors (Lipinski definition) is 2. The van der Waals surface area contributed by atoms with E-state index in [9.17, 15) is 9.18 Å². The minimum Gasteiger partial charge on any atom is -0.482 e. The molecular formula is C19H16Cl2FN5O3S. The van der Waals surface area contributed by atoms with Crippen LogP contribution in [0.15, 0.2) is 18.2 Å². The Balaban J connectivity index is 1.54. The van der Waals surface area contributed by atoms with Gasteiger partial charge in [-0.05, 0) is 19.1 Å². The summed E-state index contributed by atoms with van der Waals surface area (Å²) < 4.78 is 25.0. The summed E-state index contributed by atoms with van der Waals surface area (Å²) in [5.74, 6) is -1.13. The fourth-order valence-corrected chi connectivity index (χ4v) is 4.61. The van der Waals surface area contributed by atoms with Crippen molar-refractivity contribution in [2.45, 2.75) is 26.1 Å². The Hall–Kier alpha value is -2.53. The average Bonchev–Trinajstić information content (AvgIpc) is 3.15. The Morgan fingerprint density at radius 1 is 1.39 bits per heavy atom. The Bertz CT molecular complexity index is 1140. The number of halogens is 3. The van der Waals surface area contributed by atoms with Crippen molar-refractivity contribution in [1.29, 1.82) is 0 Å². The molecule has 162 valence electrons. The fourth-order valence-electron chi connectivity index (χ4n) is 2.99. The molecule has 0 fully saturated rings. The highest BCUT2D eigenvalue weighted by Crippen LogP contribution is 2.36. The van der Waals surface area contributed by atoms with Crippen LogP contribution >= 0.6 is 34.5 Å². The minimum absolute atomic E-state index is 0.0303. The van der Waals surface area contributed by atoms with E-state index in [1.54, 1.807) is 6.92 Å². The van der Waals surface area contributed by atoms with Crippen LogP contribution < -0.4 is 15.8 Å². The number of fused-ring (bicyclic) bond motifs is 1. The van der Waals surface area contributed by atoms with E-state index < -0.39 is 17.8 Å². The van der Waals surface area contributed by atoms with Gasteiger partial charge in [-0.15, -0.1) is 10.2 Å². The normalized spacial score (nSPS) is 14.1. The Morgan fingerprint density at radius 2 is 2.19 bits per heavy atom. The van der Waals surface area contributed by atoms with Gasteiger partial charge < -0.3 is 15.2 Å². The van der Waals surface area contributed by atoms with Crippen molar-refractivity contribution in [2.75, 3.05) is 17.7 Å². The van der Waals surface area contributed by atoms with Crippen molar-refractivity contribution in [3.8, 4) is 5.75 Å². The van der Waals surface area contributed by atoms with E-state index in [4.69, 9.17) is 38.4 Å².